The van der Waals surface area contributed by atoms with Crippen molar-refractivity contribution in [1.29, 1.82) is 0 Å². The molecule has 3 aromatic rings. The number of aromatic nitrogens is 1. The average molecular weight is 418 g/mol. The smallest absolute Gasteiger partial charge is 0.341 e. The van der Waals surface area contributed by atoms with Crippen molar-refractivity contribution < 1.29 is 14.3 Å². The van der Waals surface area contributed by atoms with Crippen LogP contribution in [0.25, 0.3) is 10.2 Å². The standard InChI is InChI=1S/C20H23N3O3S2/c1-4-8-23-9-7-13-16(11-23)27-18(17(13)19(24)26-3)22-20-21-14-6-5-12(25-2)10-15(14)28-20/h5-6,10H,4,7-9,11H2,1-3H3,(H,21,22). The first-order chi connectivity index (χ1) is 13.6. The number of anilines is 2. The normalized spacial score (nSPS) is 14.1. The first-order valence-electron chi connectivity index (χ1n) is 9.29. The number of benzene rings is 1. The maximum absolute atomic E-state index is 12.5. The zero-order valence-electron chi connectivity index (χ0n) is 16.2. The van der Waals surface area contributed by atoms with E-state index < -0.39 is 0 Å². The Kier molecular flexibility index (Phi) is 5.52. The van der Waals surface area contributed by atoms with Gasteiger partial charge in [0.15, 0.2) is 5.13 Å². The number of thiazole rings is 1. The van der Waals surface area contributed by atoms with Gasteiger partial charge in [-0.25, -0.2) is 9.78 Å². The molecule has 2 aromatic heterocycles. The Morgan fingerprint density at radius 1 is 1.32 bits per heavy atom. The number of carbonyl (C=O) groups is 1. The summed E-state index contributed by atoms with van der Waals surface area (Å²) in [6.07, 6.45) is 2.00. The lowest BCUT2D eigenvalue weighted by atomic mass is 10.0. The fourth-order valence-electron chi connectivity index (χ4n) is 3.55. The van der Waals surface area contributed by atoms with Crippen molar-refractivity contribution in [2.24, 2.45) is 0 Å². The molecule has 1 aromatic carbocycles. The van der Waals surface area contributed by atoms with E-state index in [1.165, 1.54) is 12.0 Å². The third-order valence-electron chi connectivity index (χ3n) is 4.88. The average Bonchev–Trinajstić information content (AvgIpc) is 3.26. The summed E-state index contributed by atoms with van der Waals surface area (Å²) in [5.74, 6) is 0.521. The summed E-state index contributed by atoms with van der Waals surface area (Å²) in [7, 11) is 3.09. The summed E-state index contributed by atoms with van der Waals surface area (Å²) in [5.41, 5.74) is 2.69. The molecule has 0 radical (unpaired) electrons. The molecule has 3 heterocycles. The molecule has 0 bridgehead atoms. The minimum atomic E-state index is -0.285. The van der Waals surface area contributed by atoms with E-state index >= 15 is 0 Å². The van der Waals surface area contributed by atoms with Gasteiger partial charge in [0, 0.05) is 18.0 Å². The van der Waals surface area contributed by atoms with Gasteiger partial charge in [-0.3, -0.25) is 4.90 Å². The maximum Gasteiger partial charge on any atom is 0.341 e. The van der Waals surface area contributed by atoms with Crippen molar-refractivity contribution in [2.45, 2.75) is 26.3 Å². The molecule has 0 amide bonds. The predicted octanol–water partition coefficient (Wildman–Crippen LogP) is 4.66. The van der Waals surface area contributed by atoms with E-state index in [1.807, 2.05) is 18.2 Å². The van der Waals surface area contributed by atoms with Gasteiger partial charge in [-0.2, -0.15) is 0 Å². The highest BCUT2D eigenvalue weighted by Gasteiger charge is 2.28. The van der Waals surface area contributed by atoms with Crippen molar-refractivity contribution in [2.75, 3.05) is 32.6 Å². The second-order valence-electron chi connectivity index (χ2n) is 6.70. The van der Waals surface area contributed by atoms with Crippen LogP contribution in [0.4, 0.5) is 10.1 Å². The van der Waals surface area contributed by atoms with E-state index in [2.05, 4.69) is 22.1 Å². The van der Waals surface area contributed by atoms with Crippen LogP contribution in [0.5, 0.6) is 5.75 Å². The van der Waals surface area contributed by atoms with Gasteiger partial charge in [-0.05, 0) is 43.1 Å². The third kappa shape index (κ3) is 3.59. The third-order valence-corrected chi connectivity index (χ3v) is 6.95. The summed E-state index contributed by atoms with van der Waals surface area (Å²) in [6, 6.07) is 5.82. The topological polar surface area (TPSA) is 63.7 Å². The molecule has 0 spiro atoms. The minimum absolute atomic E-state index is 0.285. The number of nitrogens with one attached hydrogen (secondary N) is 1. The highest BCUT2D eigenvalue weighted by Crippen LogP contribution is 2.40. The first kappa shape index (κ1) is 19.2. The number of fused-ring (bicyclic) bond motifs is 2. The zero-order valence-corrected chi connectivity index (χ0v) is 17.8. The lowest BCUT2D eigenvalue weighted by Crippen LogP contribution is -2.30. The number of rotatable bonds is 6. The number of carbonyl (C=O) groups excluding carboxylic acids is 1. The number of thiophene rings is 1. The molecule has 0 aliphatic carbocycles. The Balaban J connectivity index is 1.68. The van der Waals surface area contributed by atoms with Crippen LogP contribution in [0, 0.1) is 0 Å². The number of nitrogens with zero attached hydrogens (tertiary/aromatic N) is 2. The van der Waals surface area contributed by atoms with Gasteiger partial charge in [0.1, 0.15) is 10.8 Å². The fourth-order valence-corrected chi connectivity index (χ4v) is 5.79. The number of methoxy groups -OCH3 is 2. The van der Waals surface area contributed by atoms with Crippen molar-refractivity contribution in [3.63, 3.8) is 0 Å². The molecule has 0 saturated carbocycles. The largest absolute Gasteiger partial charge is 0.497 e. The Labute approximate surface area is 172 Å². The van der Waals surface area contributed by atoms with Crippen molar-refractivity contribution in [1.82, 2.24) is 9.88 Å². The van der Waals surface area contributed by atoms with Gasteiger partial charge >= 0.3 is 5.97 Å². The zero-order chi connectivity index (χ0) is 19.7. The Morgan fingerprint density at radius 3 is 2.93 bits per heavy atom. The molecule has 148 valence electrons. The molecule has 1 aliphatic heterocycles. The van der Waals surface area contributed by atoms with Gasteiger partial charge < -0.3 is 14.8 Å². The van der Waals surface area contributed by atoms with Crippen LogP contribution in [0.1, 0.15) is 34.1 Å². The highest BCUT2D eigenvalue weighted by molar-refractivity contribution is 7.23. The van der Waals surface area contributed by atoms with Crippen LogP contribution in [-0.4, -0.2) is 43.2 Å². The Hall–Kier alpha value is -2.16. The van der Waals surface area contributed by atoms with Crippen LogP contribution < -0.4 is 10.1 Å². The van der Waals surface area contributed by atoms with Gasteiger partial charge in [0.25, 0.3) is 0 Å². The van der Waals surface area contributed by atoms with E-state index in [-0.39, 0.29) is 5.97 Å². The molecule has 1 aliphatic rings. The maximum atomic E-state index is 12.5. The van der Waals surface area contributed by atoms with E-state index in [4.69, 9.17) is 9.47 Å². The molecule has 0 unspecified atom stereocenters. The van der Waals surface area contributed by atoms with Crippen molar-refractivity contribution >= 4 is 49.0 Å². The molecule has 6 nitrogen and oxygen atoms in total. The van der Waals surface area contributed by atoms with Crippen LogP contribution in [0.3, 0.4) is 0 Å². The molecule has 4 rings (SSSR count). The number of esters is 1. The predicted molar refractivity (Wildman–Crippen MR) is 114 cm³/mol. The molecular formula is C20H23N3O3S2. The summed E-state index contributed by atoms with van der Waals surface area (Å²) in [4.78, 5) is 20.9. The summed E-state index contributed by atoms with van der Waals surface area (Å²) in [5, 5.41) is 4.97. The quantitative estimate of drug-likeness (QED) is 0.588. The van der Waals surface area contributed by atoms with E-state index in [9.17, 15) is 4.79 Å². The van der Waals surface area contributed by atoms with Crippen LogP contribution >= 0.6 is 22.7 Å². The van der Waals surface area contributed by atoms with Crippen molar-refractivity contribution in [3.05, 3.63) is 34.2 Å². The second-order valence-corrected chi connectivity index (χ2v) is 8.84. The summed E-state index contributed by atoms with van der Waals surface area (Å²) in [6.45, 7) is 5.13. The molecule has 0 atom stereocenters. The number of ether oxygens (including phenoxy) is 2. The fraction of sp³-hybridized carbons (Fsp3) is 0.400. The summed E-state index contributed by atoms with van der Waals surface area (Å²) >= 11 is 3.18. The highest BCUT2D eigenvalue weighted by atomic mass is 32.1. The van der Waals surface area contributed by atoms with E-state index in [0.29, 0.717) is 5.56 Å². The SMILES string of the molecule is CCCN1CCc2c(sc(Nc3nc4ccc(OC)cc4s3)c2C(=O)OC)C1. The molecular weight excluding hydrogens is 394 g/mol. The molecule has 0 saturated heterocycles. The van der Waals surface area contributed by atoms with Crippen LogP contribution in [0.2, 0.25) is 0 Å². The van der Waals surface area contributed by atoms with Crippen LogP contribution in [0.15, 0.2) is 18.2 Å². The monoisotopic (exact) mass is 417 g/mol. The van der Waals surface area contributed by atoms with E-state index in [1.54, 1.807) is 29.8 Å². The first-order valence-corrected chi connectivity index (χ1v) is 10.9. The Morgan fingerprint density at radius 2 is 2.18 bits per heavy atom. The van der Waals surface area contributed by atoms with Gasteiger partial charge in [0.05, 0.1) is 30.0 Å². The lowest BCUT2D eigenvalue weighted by Gasteiger charge is -2.26. The number of hydrogen-bond donors (Lipinski definition) is 1. The molecule has 1 N–H and O–H groups in total. The lowest BCUT2D eigenvalue weighted by molar-refractivity contribution is 0.0600. The van der Waals surface area contributed by atoms with Gasteiger partial charge in [-0.1, -0.05) is 18.3 Å². The Bertz CT molecular complexity index is 1010. The van der Waals surface area contributed by atoms with Gasteiger partial charge in [0.2, 0.25) is 0 Å². The van der Waals surface area contributed by atoms with Crippen LogP contribution in [-0.2, 0) is 17.7 Å². The minimum Gasteiger partial charge on any atom is -0.497 e. The van der Waals surface area contributed by atoms with Crippen molar-refractivity contribution in [3.8, 4) is 5.75 Å². The van der Waals surface area contributed by atoms with E-state index in [0.717, 1.165) is 64.1 Å². The molecule has 8 heteroatoms. The summed E-state index contributed by atoms with van der Waals surface area (Å²) < 4.78 is 11.4. The second kappa shape index (κ2) is 8.06. The number of hydrogen-bond acceptors (Lipinski definition) is 8. The van der Waals surface area contributed by atoms with Gasteiger partial charge in [-0.15, -0.1) is 11.3 Å². The molecule has 28 heavy (non-hydrogen) atoms. The molecule has 0 fully saturated rings.